The van der Waals surface area contributed by atoms with E-state index in [9.17, 15) is 14.4 Å². The average Bonchev–Trinajstić information content (AvgIpc) is 2.82. The van der Waals surface area contributed by atoms with E-state index in [0.29, 0.717) is 32.6 Å². The molecule has 3 aromatic carbocycles. The molecule has 0 spiro atoms. The van der Waals surface area contributed by atoms with Gasteiger partial charge in [0.1, 0.15) is 11.5 Å². The zero-order valence-corrected chi connectivity index (χ0v) is 19.6. The number of nitrogens with one attached hydrogen (secondary N) is 2. The molecule has 0 aliphatic carbocycles. The molecule has 34 heavy (non-hydrogen) atoms. The van der Waals surface area contributed by atoms with Gasteiger partial charge in [-0.15, -0.1) is 0 Å². The number of carbonyl (C=O) groups is 3. The number of anilines is 1. The predicted octanol–water partition coefficient (Wildman–Crippen LogP) is 4.70. The largest absolute Gasteiger partial charge is 0.497 e. The third kappa shape index (κ3) is 6.57. The number of hydrogen-bond acceptors (Lipinski definition) is 6. The Morgan fingerprint density at radius 1 is 0.882 bits per heavy atom. The highest BCUT2D eigenvalue weighted by molar-refractivity contribution is 6.40. The van der Waals surface area contributed by atoms with Crippen molar-refractivity contribution in [2.24, 2.45) is 5.10 Å². The summed E-state index contributed by atoms with van der Waals surface area (Å²) in [5, 5.41) is 6.94. The van der Waals surface area contributed by atoms with E-state index in [2.05, 4.69) is 15.8 Å². The SMILES string of the molecule is COc1cccc(C(=O)Oc2ccccc2C(C)=NNC(=O)C(=O)Nc2cc(Cl)cc(Cl)c2)c1. The molecule has 8 nitrogen and oxygen atoms in total. The van der Waals surface area contributed by atoms with Gasteiger partial charge in [-0.3, -0.25) is 9.59 Å². The minimum atomic E-state index is -1.01. The molecule has 0 heterocycles. The maximum atomic E-state index is 12.6. The van der Waals surface area contributed by atoms with E-state index in [0.717, 1.165) is 0 Å². The van der Waals surface area contributed by atoms with E-state index in [1.165, 1.54) is 25.3 Å². The fourth-order valence-electron chi connectivity index (χ4n) is 2.82. The second-order valence-corrected chi connectivity index (χ2v) is 7.74. The number of rotatable bonds is 6. The maximum Gasteiger partial charge on any atom is 0.343 e. The number of nitrogens with zero attached hydrogens (tertiary/aromatic N) is 1. The van der Waals surface area contributed by atoms with Crippen LogP contribution in [0.5, 0.6) is 11.5 Å². The molecule has 0 bridgehead atoms. The average molecular weight is 500 g/mol. The van der Waals surface area contributed by atoms with E-state index in [1.54, 1.807) is 55.5 Å². The molecule has 174 valence electrons. The van der Waals surface area contributed by atoms with Crippen LogP contribution in [0.25, 0.3) is 0 Å². The van der Waals surface area contributed by atoms with Crippen molar-refractivity contribution in [1.29, 1.82) is 0 Å². The number of halogens is 2. The molecular formula is C24H19Cl2N3O5. The molecule has 0 atom stereocenters. The lowest BCUT2D eigenvalue weighted by Crippen LogP contribution is -2.33. The first-order valence-corrected chi connectivity index (χ1v) is 10.6. The minimum Gasteiger partial charge on any atom is -0.497 e. The number of amides is 2. The summed E-state index contributed by atoms with van der Waals surface area (Å²) < 4.78 is 10.6. The Labute approximate surface area is 205 Å². The van der Waals surface area contributed by atoms with E-state index < -0.39 is 17.8 Å². The van der Waals surface area contributed by atoms with Gasteiger partial charge in [0.05, 0.1) is 18.4 Å². The van der Waals surface area contributed by atoms with Gasteiger partial charge in [0.15, 0.2) is 0 Å². The van der Waals surface area contributed by atoms with Gasteiger partial charge < -0.3 is 14.8 Å². The molecule has 0 radical (unpaired) electrons. The first-order chi connectivity index (χ1) is 16.3. The van der Waals surface area contributed by atoms with Crippen LogP contribution in [-0.4, -0.2) is 30.6 Å². The Morgan fingerprint density at radius 3 is 2.29 bits per heavy atom. The van der Waals surface area contributed by atoms with Gasteiger partial charge in [-0.2, -0.15) is 5.10 Å². The van der Waals surface area contributed by atoms with Gasteiger partial charge in [0, 0.05) is 21.3 Å². The molecule has 10 heteroatoms. The van der Waals surface area contributed by atoms with E-state index in [-0.39, 0.29) is 11.4 Å². The molecule has 3 rings (SSSR count). The van der Waals surface area contributed by atoms with Gasteiger partial charge in [0.25, 0.3) is 0 Å². The zero-order chi connectivity index (χ0) is 24.7. The number of carbonyl (C=O) groups excluding carboxylic acids is 3. The standard InChI is InChI=1S/C24H19Cl2N3O5/c1-14(28-29-23(31)22(30)27-18-12-16(25)11-17(26)13-18)20-8-3-4-9-21(20)34-24(32)15-6-5-7-19(10-15)33-2/h3-13H,1-2H3,(H,27,30)(H,29,31). The molecule has 3 aromatic rings. The zero-order valence-electron chi connectivity index (χ0n) is 18.1. The fourth-order valence-corrected chi connectivity index (χ4v) is 3.35. The summed E-state index contributed by atoms with van der Waals surface area (Å²) in [6.45, 7) is 1.59. The molecule has 0 saturated heterocycles. The Morgan fingerprint density at radius 2 is 1.59 bits per heavy atom. The quantitative estimate of drug-likeness (QED) is 0.168. The molecular weight excluding hydrogens is 481 g/mol. The van der Waals surface area contributed by atoms with Crippen LogP contribution in [0.3, 0.4) is 0 Å². The number of hydrogen-bond donors (Lipinski definition) is 2. The first-order valence-electron chi connectivity index (χ1n) is 9.84. The minimum absolute atomic E-state index is 0.226. The monoisotopic (exact) mass is 499 g/mol. The number of esters is 1. The van der Waals surface area contributed by atoms with Gasteiger partial charge in [-0.25, -0.2) is 10.2 Å². The highest BCUT2D eigenvalue weighted by Gasteiger charge is 2.16. The summed E-state index contributed by atoms with van der Waals surface area (Å²) in [7, 11) is 1.50. The van der Waals surface area contributed by atoms with E-state index in [4.69, 9.17) is 32.7 Å². The molecule has 0 aromatic heterocycles. The third-order valence-corrected chi connectivity index (χ3v) is 4.87. The summed E-state index contributed by atoms with van der Waals surface area (Å²) in [5.74, 6) is -1.83. The van der Waals surface area contributed by atoms with Crippen LogP contribution in [0.4, 0.5) is 5.69 Å². The maximum absolute atomic E-state index is 12.6. The van der Waals surface area contributed by atoms with Crippen LogP contribution < -0.4 is 20.2 Å². The fraction of sp³-hybridized carbons (Fsp3) is 0.0833. The topological polar surface area (TPSA) is 106 Å². The van der Waals surface area contributed by atoms with Crippen molar-refractivity contribution < 1.29 is 23.9 Å². The van der Waals surface area contributed by atoms with Crippen LogP contribution in [0, 0.1) is 0 Å². The van der Waals surface area contributed by atoms with Crippen molar-refractivity contribution in [3.63, 3.8) is 0 Å². The summed E-state index contributed by atoms with van der Waals surface area (Å²) in [6, 6.07) is 17.6. The lowest BCUT2D eigenvalue weighted by Gasteiger charge is -2.11. The number of benzene rings is 3. The lowest BCUT2D eigenvalue weighted by molar-refractivity contribution is -0.136. The van der Waals surface area contributed by atoms with Crippen LogP contribution in [0.2, 0.25) is 10.0 Å². The summed E-state index contributed by atoms with van der Waals surface area (Å²) in [5.41, 5.74) is 3.48. The van der Waals surface area contributed by atoms with Crippen molar-refractivity contribution in [3.8, 4) is 11.5 Å². The molecule has 2 amide bonds. The van der Waals surface area contributed by atoms with Gasteiger partial charge in [-0.1, -0.05) is 41.4 Å². The summed E-state index contributed by atoms with van der Waals surface area (Å²) in [6.07, 6.45) is 0. The Balaban J connectivity index is 1.70. The van der Waals surface area contributed by atoms with E-state index in [1.807, 2.05) is 0 Å². The lowest BCUT2D eigenvalue weighted by atomic mass is 10.1. The third-order valence-electron chi connectivity index (χ3n) is 4.44. The second-order valence-electron chi connectivity index (χ2n) is 6.87. The normalized spacial score (nSPS) is 10.9. The highest BCUT2D eigenvalue weighted by Crippen LogP contribution is 2.23. The van der Waals surface area contributed by atoms with Crippen LogP contribution in [-0.2, 0) is 9.59 Å². The van der Waals surface area contributed by atoms with Crippen LogP contribution in [0.1, 0.15) is 22.8 Å². The highest BCUT2D eigenvalue weighted by atomic mass is 35.5. The van der Waals surface area contributed by atoms with Crippen molar-refractivity contribution in [2.45, 2.75) is 6.92 Å². The summed E-state index contributed by atoms with van der Waals surface area (Å²) >= 11 is 11.8. The Kier molecular flexibility index (Phi) is 8.24. The van der Waals surface area contributed by atoms with Gasteiger partial charge >= 0.3 is 17.8 Å². The molecule has 0 fully saturated rings. The van der Waals surface area contributed by atoms with Crippen LogP contribution in [0.15, 0.2) is 71.8 Å². The number of hydrazone groups is 1. The van der Waals surface area contributed by atoms with E-state index >= 15 is 0 Å². The van der Waals surface area contributed by atoms with Gasteiger partial charge in [0.2, 0.25) is 0 Å². The smallest absolute Gasteiger partial charge is 0.343 e. The van der Waals surface area contributed by atoms with Crippen molar-refractivity contribution in [2.75, 3.05) is 12.4 Å². The summed E-state index contributed by atoms with van der Waals surface area (Å²) in [4.78, 5) is 36.9. The van der Waals surface area contributed by atoms with Gasteiger partial charge in [-0.05, 0) is 55.5 Å². The first kappa shape index (κ1) is 24.8. The van der Waals surface area contributed by atoms with Crippen LogP contribution >= 0.6 is 23.2 Å². The molecule has 0 aliphatic heterocycles. The molecule has 0 aliphatic rings. The Hall–Kier alpha value is -3.88. The number of para-hydroxylation sites is 1. The predicted molar refractivity (Wildman–Crippen MR) is 130 cm³/mol. The molecule has 2 N–H and O–H groups in total. The second kappa shape index (κ2) is 11.3. The molecule has 0 unspecified atom stereocenters. The number of methoxy groups -OCH3 is 1. The number of ether oxygens (including phenoxy) is 2. The molecule has 0 saturated carbocycles. The van der Waals surface area contributed by atoms with Crippen molar-refractivity contribution in [1.82, 2.24) is 5.43 Å². The van der Waals surface area contributed by atoms with Crippen molar-refractivity contribution >= 4 is 52.4 Å². The Bertz CT molecular complexity index is 1260. The van der Waals surface area contributed by atoms with Crippen molar-refractivity contribution in [3.05, 3.63) is 87.9 Å².